The van der Waals surface area contributed by atoms with Crippen LogP contribution in [0, 0.1) is 11.8 Å². The minimum atomic E-state index is -0.403. The first kappa shape index (κ1) is 20.6. The second kappa shape index (κ2) is 8.62. The number of amides is 1. The molecular weight excluding hydrogens is 378 g/mol. The Morgan fingerprint density at radius 1 is 1.07 bits per heavy atom. The average Bonchev–Trinajstić information content (AvgIpc) is 3.20. The van der Waals surface area contributed by atoms with Gasteiger partial charge in [0, 0.05) is 37.8 Å². The van der Waals surface area contributed by atoms with Crippen LogP contribution in [0.15, 0.2) is 33.9 Å². The van der Waals surface area contributed by atoms with Crippen LogP contribution in [0.25, 0.3) is 0 Å². The summed E-state index contributed by atoms with van der Waals surface area (Å²) in [6.45, 7) is 7.00. The molecule has 6 nitrogen and oxygen atoms in total. The number of fused-ring (bicyclic) bond motifs is 1. The van der Waals surface area contributed by atoms with E-state index in [2.05, 4.69) is 11.4 Å². The highest BCUT2D eigenvalue weighted by Crippen LogP contribution is 2.36. The summed E-state index contributed by atoms with van der Waals surface area (Å²) in [6.07, 6.45) is 4.64. The topological polar surface area (TPSA) is 69.7 Å². The van der Waals surface area contributed by atoms with E-state index in [4.69, 9.17) is 0 Å². The SMILES string of the molecule is CCN(CC)C(=O)C1CCC(CNc2c(N3CCc4ccccc43)c(=O)c2=O)CC1. The number of anilines is 3. The summed E-state index contributed by atoms with van der Waals surface area (Å²) in [4.78, 5) is 41.1. The fourth-order valence-corrected chi connectivity index (χ4v) is 5.03. The van der Waals surface area contributed by atoms with Gasteiger partial charge in [-0.1, -0.05) is 18.2 Å². The van der Waals surface area contributed by atoms with E-state index in [1.165, 1.54) is 5.56 Å². The Labute approximate surface area is 177 Å². The number of rotatable bonds is 7. The van der Waals surface area contributed by atoms with Crippen LogP contribution in [0.4, 0.5) is 17.1 Å². The zero-order valence-corrected chi connectivity index (χ0v) is 17.9. The van der Waals surface area contributed by atoms with Gasteiger partial charge in [-0.2, -0.15) is 0 Å². The first-order chi connectivity index (χ1) is 14.5. The summed E-state index contributed by atoms with van der Waals surface area (Å²) in [5.74, 6) is 0.835. The molecule has 1 fully saturated rings. The molecule has 0 unspecified atom stereocenters. The zero-order valence-electron chi connectivity index (χ0n) is 17.9. The molecule has 1 heterocycles. The number of hydrogen-bond acceptors (Lipinski definition) is 5. The number of para-hydroxylation sites is 1. The van der Waals surface area contributed by atoms with Crippen molar-refractivity contribution in [3.05, 3.63) is 50.3 Å². The lowest BCUT2D eigenvalue weighted by Gasteiger charge is -2.32. The Bertz CT molecular complexity index is 980. The van der Waals surface area contributed by atoms with Crippen LogP contribution in [0.3, 0.4) is 0 Å². The molecule has 1 aliphatic carbocycles. The number of benzene rings is 1. The van der Waals surface area contributed by atoms with Crippen LogP contribution in [0.1, 0.15) is 45.1 Å². The molecular formula is C24H31N3O3. The van der Waals surface area contributed by atoms with Crippen molar-refractivity contribution < 1.29 is 4.79 Å². The third kappa shape index (κ3) is 3.64. The number of carbonyl (C=O) groups is 1. The van der Waals surface area contributed by atoms with E-state index in [0.29, 0.717) is 23.8 Å². The molecule has 2 aromatic rings. The zero-order chi connectivity index (χ0) is 21.3. The van der Waals surface area contributed by atoms with Crippen LogP contribution in [-0.2, 0) is 11.2 Å². The van der Waals surface area contributed by atoms with Crippen LogP contribution in [0.2, 0.25) is 0 Å². The van der Waals surface area contributed by atoms with Crippen molar-refractivity contribution in [2.75, 3.05) is 36.4 Å². The molecule has 4 rings (SSSR count). The molecule has 0 bridgehead atoms. The largest absolute Gasteiger partial charge is 0.380 e. The molecule has 1 N–H and O–H groups in total. The van der Waals surface area contributed by atoms with Gasteiger partial charge in [-0.3, -0.25) is 14.4 Å². The number of carbonyl (C=O) groups excluding carboxylic acids is 1. The summed E-state index contributed by atoms with van der Waals surface area (Å²) in [5.41, 5.74) is 2.45. The molecule has 0 radical (unpaired) electrons. The molecule has 0 saturated heterocycles. The Morgan fingerprint density at radius 3 is 2.47 bits per heavy atom. The molecule has 160 valence electrons. The van der Waals surface area contributed by atoms with Crippen LogP contribution < -0.4 is 21.1 Å². The molecule has 0 aromatic heterocycles. The summed E-state index contributed by atoms with van der Waals surface area (Å²) in [7, 11) is 0. The van der Waals surface area contributed by atoms with Crippen molar-refractivity contribution in [2.24, 2.45) is 11.8 Å². The molecule has 1 saturated carbocycles. The maximum Gasteiger partial charge on any atom is 0.253 e. The predicted octanol–water partition coefficient (Wildman–Crippen LogP) is 3.06. The molecule has 0 spiro atoms. The van der Waals surface area contributed by atoms with Gasteiger partial charge in [0.15, 0.2) is 0 Å². The van der Waals surface area contributed by atoms with Crippen molar-refractivity contribution in [3.63, 3.8) is 0 Å². The first-order valence-electron chi connectivity index (χ1n) is 11.3. The van der Waals surface area contributed by atoms with Gasteiger partial charge in [-0.25, -0.2) is 0 Å². The highest BCUT2D eigenvalue weighted by atomic mass is 16.2. The summed E-state index contributed by atoms with van der Waals surface area (Å²) in [6, 6.07) is 8.06. The van der Waals surface area contributed by atoms with E-state index >= 15 is 0 Å². The summed E-state index contributed by atoms with van der Waals surface area (Å²) >= 11 is 0. The highest BCUT2D eigenvalue weighted by molar-refractivity contribution is 5.83. The predicted molar refractivity (Wildman–Crippen MR) is 120 cm³/mol. The standard InChI is InChI=1S/C24H31N3O3/c1-3-26(4-2)24(30)18-11-9-16(10-12-18)15-25-20-21(23(29)22(20)28)27-14-13-17-7-5-6-8-19(17)27/h5-8,16,18,25H,3-4,9-15H2,1-2H3. The van der Waals surface area contributed by atoms with Crippen molar-refractivity contribution in [3.8, 4) is 0 Å². The van der Waals surface area contributed by atoms with Gasteiger partial charge in [0.1, 0.15) is 11.4 Å². The normalized spacial score (nSPS) is 20.9. The molecule has 1 aliphatic heterocycles. The number of nitrogens with one attached hydrogen (secondary N) is 1. The molecule has 2 aromatic carbocycles. The fraction of sp³-hybridized carbons (Fsp3) is 0.542. The molecule has 6 heteroatoms. The minimum Gasteiger partial charge on any atom is -0.380 e. The second-order valence-corrected chi connectivity index (χ2v) is 8.52. The Hall–Kier alpha value is -2.63. The van der Waals surface area contributed by atoms with Crippen molar-refractivity contribution in [1.29, 1.82) is 0 Å². The van der Waals surface area contributed by atoms with Gasteiger partial charge in [0.2, 0.25) is 5.91 Å². The smallest absolute Gasteiger partial charge is 0.253 e. The Morgan fingerprint density at radius 2 is 1.77 bits per heavy atom. The van der Waals surface area contributed by atoms with E-state index in [-0.39, 0.29) is 17.3 Å². The van der Waals surface area contributed by atoms with Crippen LogP contribution in [0.5, 0.6) is 0 Å². The monoisotopic (exact) mass is 409 g/mol. The Balaban J connectivity index is 1.37. The van der Waals surface area contributed by atoms with E-state index in [0.717, 1.165) is 57.4 Å². The molecule has 30 heavy (non-hydrogen) atoms. The van der Waals surface area contributed by atoms with E-state index in [1.807, 2.05) is 41.8 Å². The van der Waals surface area contributed by atoms with Gasteiger partial charge in [-0.15, -0.1) is 0 Å². The average molecular weight is 410 g/mol. The van der Waals surface area contributed by atoms with Crippen LogP contribution in [-0.4, -0.2) is 37.0 Å². The second-order valence-electron chi connectivity index (χ2n) is 8.52. The van der Waals surface area contributed by atoms with Gasteiger partial charge >= 0.3 is 0 Å². The summed E-state index contributed by atoms with van der Waals surface area (Å²) < 4.78 is 0. The lowest BCUT2D eigenvalue weighted by atomic mass is 9.81. The fourth-order valence-electron chi connectivity index (χ4n) is 5.03. The van der Waals surface area contributed by atoms with Gasteiger partial charge in [-0.05, 0) is 63.5 Å². The van der Waals surface area contributed by atoms with Gasteiger partial charge < -0.3 is 15.1 Å². The highest BCUT2D eigenvalue weighted by Gasteiger charge is 2.32. The van der Waals surface area contributed by atoms with Crippen molar-refractivity contribution in [1.82, 2.24) is 4.90 Å². The number of nitrogens with zero attached hydrogens (tertiary/aromatic N) is 2. The maximum atomic E-state index is 12.6. The first-order valence-corrected chi connectivity index (χ1v) is 11.3. The lowest BCUT2D eigenvalue weighted by molar-refractivity contribution is -0.136. The molecule has 0 atom stereocenters. The quantitative estimate of drug-likeness (QED) is 0.712. The van der Waals surface area contributed by atoms with E-state index in [1.54, 1.807) is 0 Å². The van der Waals surface area contributed by atoms with Crippen molar-refractivity contribution >= 4 is 23.0 Å². The molecule has 2 aliphatic rings. The lowest BCUT2D eigenvalue weighted by Crippen LogP contribution is -2.41. The van der Waals surface area contributed by atoms with Crippen molar-refractivity contribution in [2.45, 2.75) is 46.0 Å². The third-order valence-electron chi connectivity index (χ3n) is 6.88. The van der Waals surface area contributed by atoms with Gasteiger partial charge in [0.25, 0.3) is 10.9 Å². The van der Waals surface area contributed by atoms with E-state index < -0.39 is 5.43 Å². The molecule has 1 amide bonds. The maximum absolute atomic E-state index is 12.6. The van der Waals surface area contributed by atoms with Gasteiger partial charge in [0.05, 0.1) is 0 Å². The number of hydrogen-bond donors (Lipinski definition) is 1. The minimum absolute atomic E-state index is 0.129. The Kier molecular flexibility index (Phi) is 5.93. The van der Waals surface area contributed by atoms with E-state index in [9.17, 15) is 14.4 Å². The van der Waals surface area contributed by atoms with Crippen LogP contribution >= 0.6 is 0 Å². The third-order valence-corrected chi connectivity index (χ3v) is 6.88. The summed E-state index contributed by atoms with van der Waals surface area (Å²) in [5, 5.41) is 3.29.